The Bertz CT molecular complexity index is 833. The number of furan rings is 1. The van der Waals surface area contributed by atoms with Crippen molar-refractivity contribution in [2.24, 2.45) is 5.92 Å². The van der Waals surface area contributed by atoms with Gasteiger partial charge in [0.1, 0.15) is 13.2 Å². The zero-order valence-electron chi connectivity index (χ0n) is 15.7. The van der Waals surface area contributed by atoms with Crippen LogP contribution in [0.1, 0.15) is 29.0 Å². The molecule has 1 N–H and O–H groups in total. The lowest BCUT2D eigenvalue weighted by Gasteiger charge is -2.31. The van der Waals surface area contributed by atoms with E-state index < -0.39 is 0 Å². The average molecular weight is 384 g/mol. The van der Waals surface area contributed by atoms with Crippen LogP contribution in [0.25, 0.3) is 0 Å². The molecule has 7 heteroatoms. The second-order valence-electron chi connectivity index (χ2n) is 7.09. The van der Waals surface area contributed by atoms with E-state index in [0.717, 1.165) is 29.9 Å². The molecule has 0 bridgehead atoms. The Morgan fingerprint density at radius 2 is 2.00 bits per heavy atom. The number of benzene rings is 1. The second kappa shape index (κ2) is 8.37. The van der Waals surface area contributed by atoms with Crippen LogP contribution in [0.2, 0.25) is 0 Å². The van der Waals surface area contributed by atoms with E-state index in [1.165, 1.54) is 6.26 Å². The highest BCUT2D eigenvalue weighted by molar-refractivity contribution is 5.92. The third-order valence-electron chi connectivity index (χ3n) is 5.13. The van der Waals surface area contributed by atoms with Gasteiger partial charge >= 0.3 is 0 Å². The predicted molar refractivity (Wildman–Crippen MR) is 101 cm³/mol. The summed E-state index contributed by atoms with van der Waals surface area (Å²) in [5, 5.41) is 3.00. The van der Waals surface area contributed by atoms with Gasteiger partial charge in [-0.25, -0.2) is 0 Å². The SMILES string of the molecule is O=C(NCCc1ccc2c(c1)OCCO2)[C@@H]1CCCN(C(=O)c2ccco2)C1. The summed E-state index contributed by atoms with van der Waals surface area (Å²) in [4.78, 5) is 26.7. The molecule has 1 fully saturated rings. The number of hydrogen-bond donors (Lipinski definition) is 1. The van der Waals surface area contributed by atoms with Crippen molar-refractivity contribution in [2.75, 3.05) is 32.8 Å². The Hall–Kier alpha value is -2.96. The molecule has 4 rings (SSSR count). The highest BCUT2D eigenvalue weighted by Crippen LogP contribution is 2.30. The molecule has 1 atom stereocenters. The highest BCUT2D eigenvalue weighted by Gasteiger charge is 2.29. The van der Waals surface area contributed by atoms with Gasteiger partial charge in [0, 0.05) is 19.6 Å². The molecule has 2 amide bonds. The fourth-order valence-electron chi connectivity index (χ4n) is 3.65. The van der Waals surface area contributed by atoms with Crippen LogP contribution in [-0.4, -0.2) is 49.6 Å². The minimum absolute atomic E-state index is 0.00510. The molecule has 148 valence electrons. The first-order valence-electron chi connectivity index (χ1n) is 9.70. The van der Waals surface area contributed by atoms with Crippen molar-refractivity contribution < 1.29 is 23.5 Å². The first-order valence-corrected chi connectivity index (χ1v) is 9.70. The molecule has 0 radical (unpaired) electrons. The van der Waals surface area contributed by atoms with Gasteiger partial charge < -0.3 is 24.1 Å². The maximum atomic E-state index is 12.6. The molecule has 2 aliphatic rings. The molecule has 1 aromatic heterocycles. The smallest absolute Gasteiger partial charge is 0.289 e. The molecule has 1 aromatic carbocycles. The lowest BCUT2D eigenvalue weighted by atomic mass is 9.96. The standard InChI is InChI=1S/C21H24N2O5/c24-20(16-3-1-9-23(14-16)21(25)18-4-2-10-26-18)22-8-7-15-5-6-17-19(13-15)28-12-11-27-17/h2,4-6,10,13,16H,1,3,7-9,11-12,14H2,(H,22,24)/t16-/m1/s1. The molecule has 3 heterocycles. The highest BCUT2D eigenvalue weighted by atomic mass is 16.6. The van der Waals surface area contributed by atoms with Gasteiger partial charge in [0.15, 0.2) is 17.3 Å². The molecule has 28 heavy (non-hydrogen) atoms. The van der Waals surface area contributed by atoms with Crippen molar-refractivity contribution in [3.05, 3.63) is 47.9 Å². The molecular formula is C21H24N2O5. The largest absolute Gasteiger partial charge is 0.486 e. The van der Waals surface area contributed by atoms with Crippen molar-refractivity contribution in [1.29, 1.82) is 0 Å². The van der Waals surface area contributed by atoms with Crippen LogP contribution >= 0.6 is 0 Å². The number of fused-ring (bicyclic) bond motifs is 1. The van der Waals surface area contributed by atoms with E-state index in [1.807, 2.05) is 18.2 Å². The van der Waals surface area contributed by atoms with E-state index in [4.69, 9.17) is 13.9 Å². The summed E-state index contributed by atoms with van der Waals surface area (Å²) in [6.07, 6.45) is 3.80. The summed E-state index contributed by atoms with van der Waals surface area (Å²) in [5.74, 6) is 1.50. The number of likely N-dealkylation sites (tertiary alicyclic amines) is 1. The third-order valence-corrected chi connectivity index (χ3v) is 5.13. The minimum atomic E-state index is -0.187. The van der Waals surface area contributed by atoms with Crippen LogP contribution in [0.4, 0.5) is 0 Å². The summed E-state index contributed by atoms with van der Waals surface area (Å²) in [5.41, 5.74) is 1.09. The molecule has 0 saturated carbocycles. The van der Waals surface area contributed by atoms with Crippen LogP contribution < -0.4 is 14.8 Å². The molecule has 0 unspecified atom stereocenters. The lowest BCUT2D eigenvalue weighted by molar-refractivity contribution is -0.126. The molecule has 0 spiro atoms. The van der Waals surface area contributed by atoms with E-state index in [1.54, 1.807) is 17.0 Å². The van der Waals surface area contributed by atoms with Gasteiger partial charge in [-0.2, -0.15) is 0 Å². The number of nitrogens with zero attached hydrogens (tertiary/aromatic N) is 1. The number of carbonyl (C=O) groups excluding carboxylic acids is 2. The number of rotatable bonds is 5. The van der Waals surface area contributed by atoms with Crippen LogP contribution in [0.15, 0.2) is 41.0 Å². The first kappa shape index (κ1) is 18.4. The van der Waals surface area contributed by atoms with Gasteiger partial charge in [-0.05, 0) is 49.1 Å². The Morgan fingerprint density at radius 1 is 1.14 bits per heavy atom. The normalized spacial score (nSPS) is 18.6. The quantitative estimate of drug-likeness (QED) is 0.855. The molecule has 0 aliphatic carbocycles. The zero-order chi connectivity index (χ0) is 19.3. The van der Waals surface area contributed by atoms with Crippen LogP contribution in [0.3, 0.4) is 0 Å². The van der Waals surface area contributed by atoms with Crippen molar-refractivity contribution >= 4 is 11.8 Å². The van der Waals surface area contributed by atoms with E-state index in [-0.39, 0.29) is 17.7 Å². The lowest BCUT2D eigenvalue weighted by Crippen LogP contribution is -2.45. The van der Waals surface area contributed by atoms with E-state index in [0.29, 0.717) is 45.0 Å². The van der Waals surface area contributed by atoms with Crippen LogP contribution in [-0.2, 0) is 11.2 Å². The number of piperidine rings is 1. The van der Waals surface area contributed by atoms with Crippen molar-refractivity contribution in [1.82, 2.24) is 10.2 Å². The summed E-state index contributed by atoms with van der Waals surface area (Å²) < 4.78 is 16.3. The van der Waals surface area contributed by atoms with Gasteiger partial charge in [-0.15, -0.1) is 0 Å². The van der Waals surface area contributed by atoms with Crippen LogP contribution in [0, 0.1) is 5.92 Å². The maximum Gasteiger partial charge on any atom is 0.289 e. The van der Waals surface area contributed by atoms with Crippen molar-refractivity contribution in [3.63, 3.8) is 0 Å². The van der Waals surface area contributed by atoms with Gasteiger partial charge in [0.2, 0.25) is 5.91 Å². The van der Waals surface area contributed by atoms with Crippen molar-refractivity contribution in [2.45, 2.75) is 19.3 Å². The molecule has 1 saturated heterocycles. The zero-order valence-corrected chi connectivity index (χ0v) is 15.7. The molecular weight excluding hydrogens is 360 g/mol. The fourth-order valence-corrected chi connectivity index (χ4v) is 3.65. The van der Waals surface area contributed by atoms with Crippen molar-refractivity contribution in [3.8, 4) is 11.5 Å². The van der Waals surface area contributed by atoms with E-state index >= 15 is 0 Å². The van der Waals surface area contributed by atoms with Crippen LogP contribution in [0.5, 0.6) is 11.5 Å². The maximum absolute atomic E-state index is 12.6. The summed E-state index contributed by atoms with van der Waals surface area (Å²) in [6.45, 7) is 2.75. The number of hydrogen-bond acceptors (Lipinski definition) is 5. The van der Waals surface area contributed by atoms with E-state index in [2.05, 4.69) is 5.32 Å². The Morgan fingerprint density at radius 3 is 2.82 bits per heavy atom. The third kappa shape index (κ3) is 4.13. The van der Waals surface area contributed by atoms with Gasteiger partial charge in [0.05, 0.1) is 12.2 Å². The number of amides is 2. The summed E-state index contributed by atoms with van der Waals surface area (Å²) >= 11 is 0. The number of carbonyl (C=O) groups is 2. The number of nitrogens with one attached hydrogen (secondary N) is 1. The summed E-state index contributed by atoms with van der Waals surface area (Å²) in [6, 6.07) is 9.21. The Labute approximate surface area is 163 Å². The Kier molecular flexibility index (Phi) is 5.50. The van der Waals surface area contributed by atoms with Gasteiger partial charge in [-0.1, -0.05) is 6.07 Å². The molecule has 7 nitrogen and oxygen atoms in total. The molecule has 2 aliphatic heterocycles. The predicted octanol–water partition coefficient (Wildman–Crippen LogP) is 2.26. The fraction of sp³-hybridized carbons (Fsp3) is 0.429. The minimum Gasteiger partial charge on any atom is -0.486 e. The Balaban J connectivity index is 1.27. The summed E-state index contributed by atoms with van der Waals surface area (Å²) in [7, 11) is 0. The second-order valence-corrected chi connectivity index (χ2v) is 7.09. The van der Waals surface area contributed by atoms with Gasteiger partial charge in [0.25, 0.3) is 5.91 Å². The number of ether oxygens (including phenoxy) is 2. The monoisotopic (exact) mass is 384 g/mol. The average Bonchev–Trinajstić information content (AvgIpc) is 3.28. The first-order chi connectivity index (χ1) is 13.7. The molecule has 2 aromatic rings. The van der Waals surface area contributed by atoms with E-state index in [9.17, 15) is 9.59 Å². The van der Waals surface area contributed by atoms with Gasteiger partial charge in [-0.3, -0.25) is 9.59 Å². The topological polar surface area (TPSA) is 81.0 Å².